The second-order valence-corrected chi connectivity index (χ2v) is 4.81. The monoisotopic (exact) mass is 252 g/mol. The van der Waals surface area contributed by atoms with E-state index < -0.39 is 0 Å². The van der Waals surface area contributed by atoms with Crippen LogP contribution in [0.3, 0.4) is 0 Å². The number of halogens is 1. The highest BCUT2D eigenvalue weighted by molar-refractivity contribution is 7.07. The van der Waals surface area contributed by atoms with Gasteiger partial charge in [-0.2, -0.15) is 11.3 Å². The Balaban J connectivity index is 1.95. The molecule has 1 N–H and O–H groups in total. The van der Waals surface area contributed by atoms with Gasteiger partial charge in [-0.05, 0) is 40.9 Å². The van der Waals surface area contributed by atoms with Gasteiger partial charge in [-0.15, -0.1) is 0 Å². The topological polar surface area (TPSA) is 24.9 Å². The van der Waals surface area contributed by atoms with E-state index in [9.17, 15) is 0 Å². The Hall–Kier alpha value is -0.900. The van der Waals surface area contributed by atoms with Crippen molar-refractivity contribution in [2.24, 2.45) is 0 Å². The van der Waals surface area contributed by atoms with Crippen LogP contribution in [0, 0.1) is 0 Å². The van der Waals surface area contributed by atoms with E-state index in [0.29, 0.717) is 11.1 Å². The standard InChI is InChI=1S/C12H13ClN2S/c1-9(11-3-5-16-8-11)15-6-10-2-4-14-7-12(10)13/h2-5,7-9,15H,6H2,1H3. The maximum atomic E-state index is 6.03. The number of rotatable bonds is 4. The molecule has 0 saturated carbocycles. The number of hydrogen-bond acceptors (Lipinski definition) is 3. The average molecular weight is 253 g/mol. The average Bonchev–Trinajstić information content (AvgIpc) is 2.81. The third-order valence-electron chi connectivity index (χ3n) is 2.50. The number of aromatic nitrogens is 1. The summed E-state index contributed by atoms with van der Waals surface area (Å²) in [6, 6.07) is 4.42. The molecule has 0 aliphatic rings. The van der Waals surface area contributed by atoms with Crippen LogP contribution in [0.2, 0.25) is 5.02 Å². The molecule has 0 spiro atoms. The van der Waals surface area contributed by atoms with E-state index >= 15 is 0 Å². The highest BCUT2D eigenvalue weighted by Gasteiger charge is 2.06. The van der Waals surface area contributed by atoms with Crippen molar-refractivity contribution < 1.29 is 0 Å². The molecular weight excluding hydrogens is 240 g/mol. The Kier molecular flexibility index (Phi) is 3.93. The summed E-state index contributed by atoms with van der Waals surface area (Å²) in [6.07, 6.45) is 3.44. The molecule has 4 heteroatoms. The van der Waals surface area contributed by atoms with Crippen LogP contribution in [0.15, 0.2) is 35.3 Å². The molecule has 0 aliphatic heterocycles. The van der Waals surface area contributed by atoms with Gasteiger partial charge >= 0.3 is 0 Å². The predicted octanol–water partition coefficient (Wildman–Crippen LogP) is 3.65. The normalized spacial score (nSPS) is 12.6. The second-order valence-electron chi connectivity index (χ2n) is 3.63. The quantitative estimate of drug-likeness (QED) is 0.899. The van der Waals surface area contributed by atoms with Crippen molar-refractivity contribution in [1.29, 1.82) is 0 Å². The molecule has 2 rings (SSSR count). The van der Waals surface area contributed by atoms with Crippen molar-refractivity contribution in [3.63, 3.8) is 0 Å². The summed E-state index contributed by atoms with van der Waals surface area (Å²) in [5.74, 6) is 0. The molecule has 2 aromatic rings. The van der Waals surface area contributed by atoms with Crippen molar-refractivity contribution in [1.82, 2.24) is 10.3 Å². The summed E-state index contributed by atoms with van der Waals surface area (Å²) in [5.41, 5.74) is 2.40. The van der Waals surface area contributed by atoms with Crippen molar-refractivity contribution in [3.8, 4) is 0 Å². The Bertz CT molecular complexity index is 442. The molecule has 0 aromatic carbocycles. The van der Waals surface area contributed by atoms with E-state index in [4.69, 9.17) is 11.6 Å². The van der Waals surface area contributed by atoms with E-state index in [1.165, 1.54) is 5.56 Å². The molecule has 2 nitrogen and oxygen atoms in total. The minimum atomic E-state index is 0.343. The van der Waals surface area contributed by atoms with Crippen LogP contribution in [-0.2, 0) is 6.54 Å². The Morgan fingerprint density at radius 3 is 3.06 bits per heavy atom. The molecule has 1 atom stereocenters. The third kappa shape index (κ3) is 2.82. The van der Waals surface area contributed by atoms with Gasteiger partial charge in [0, 0.05) is 25.0 Å². The van der Waals surface area contributed by atoms with Crippen LogP contribution < -0.4 is 5.32 Å². The van der Waals surface area contributed by atoms with Gasteiger partial charge in [0.25, 0.3) is 0 Å². The molecular formula is C12H13ClN2S. The first-order valence-corrected chi connectivity index (χ1v) is 6.43. The number of hydrogen-bond donors (Lipinski definition) is 1. The zero-order valence-electron chi connectivity index (χ0n) is 8.98. The highest BCUT2D eigenvalue weighted by atomic mass is 35.5. The van der Waals surface area contributed by atoms with Crippen molar-refractivity contribution in [2.45, 2.75) is 19.5 Å². The van der Waals surface area contributed by atoms with Gasteiger partial charge in [0.2, 0.25) is 0 Å². The number of nitrogens with zero attached hydrogens (tertiary/aromatic N) is 1. The summed E-state index contributed by atoms with van der Waals surface area (Å²) in [5, 5.41) is 8.40. The lowest BCUT2D eigenvalue weighted by atomic mass is 10.1. The van der Waals surface area contributed by atoms with E-state index in [1.807, 2.05) is 6.07 Å². The maximum Gasteiger partial charge on any atom is 0.0634 e. The second kappa shape index (κ2) is 5.43. The number of nitrogens with one attached hydrogen (secondary N) is 1. The van der Waals surface area contributed by atoms with Crippen LogP contribution in [0.25, 0.3) is 0 Å². The van der Waals surface area contributed by atoms with Gasteiger partial charge in [-0.3, -0.25) is 4.98 Å². The fourth-order valence-electron chi connectivity index (χ4n) is 1.45. The lowest BCUT2D eigenvalue weighted by Gasteiger charge is -2.12. The summed E-state index contributed by atoms with van der Waals surface area (Å²) < 4.78 is 0. The minimum Gasteiger partial charge on any atom is -0.306 e. The molecule has 0 radical (unpaired) electrons. The van der Waals surface area contributed by atoms with Gasteiger partial charge in [-0.25, -0.2) is 0 Å². The molecule has 0 saturated heterocycles. The summed E-state index contributed by atoms with van der Waals surface area (Å²) in [4.78, 5) is 3.96. The third-order valence-corrected chi connectivity index (χ3v) is 3.54. The van der Waals surface area contributed by atoms with Crippen molar-refractivity contribution >= 4 is 22.9 Å². The first kappa shape index (κ1) is 11.6. The highest BCUT2D eigenvalue weighted by Crippen LogP contribution is 2.18. The van der Waals surface area contributed by atoms with Gasteiger partial charge in [0.05, 0.1) is 5.02 Å². The zero-order valence-corrected chi connectivity index (χ0v) is 10.6. The smallest absolute Gasteiger partial charge is 0.0634 e. The van der Waals surface area contributed by atoms with E-state index in [2.05, 4.69) is 34.1 Å². The Labute approximate surface area is 104 Å². The van der Waals surface area contributed by atoms with E-state index in [-0.39, 0.29) is 0 Å². The molecule has 84 valence electrons. The van der Waals surface area contributed by atoms with Crippen molar-refractivity contribution in [3.05, 3.63) is 51.4 Å². The van der Waals surface area contributed by atoms with E-state index in [1.54, 1.807) is 23.7 Å². The number of thiophene rings is 1. The Morgan fingerprint density at radius 1 is 1.50 bits per heavy atom. The molecule has 0 amide bonds. The zero-order chi connectivity index (χ0) is 11.4. The first-order valence-electron chi connectivity index (χ1n) is 5.11. The predicted molar refractivity (Wildman–Crippen MR) is 68.8 cm³/mol. The fraction of sp³-hybridized carbons (Fsp3) is 0.250. The molecule has 0 fully saturated rings. The Morgan fingerprint density at radius 2 is 2.38 bits per heavy atom. The SMILES string of the molecule is CC(NCc1ccncc1Cl)c1ccsc1. The van der Waals surface area contributed by atoms with Crippen LogP contribution in [0.1, 0.15) is 24.1 Å². The van der Waals surface area contributed by atoms with Crippen LogP contribution in [0.5, 0.6) is 0 Å². The van der Waals surface area contributed by atoms with Crippen LogP contribution in [-0.4, -0.2) is 4.98 Å². The van der Waals surface area contributed by atoms with Crippen LogP contribution >= 0.6 is 22.9 Å². The summed E-state index contributed by atoms with van der Waals surface area (Å²) in [6.45, 7) is 2.91. The number of pyridine rings is 1. The minimum absolute atomic E-state index is 0.343. The van der Waals surface area contributed by atoms with Gasteiger partial charge in [0.1, 0.15) is 0 Å². The molecule has 2 heterocycles. The maximum absolute atomic E-state index is 6.03. The van der Waals surface area contributed by atoms with Crippen LogP contribution in [0.4, 0.5) is 0 Å². The fourth-order valence-corrected chi connectivity index (χ4v) is 2.39. The lowest BCUT2D eigenvalue weighted by molar-refractivity contribution is 0.576. The largest absolute Gasteiger partial charge is 0.306 e. The molecule has 2 aromatic heterocycles. The van der Waals surface area contributed by atoms with Crippen molar-refractivity contribution in [2.75, 3.05) is 0 Å². The first-order chi connectivity index (χ1) is 7.77. The molecule has 0 aliphatic carbocycles. The van der Waals surface area contributed by atoms with Gasteiger partial charge < -0.3 is 5.32 Å². The molecule has 16 heavy (non-hydrogen) atoms. The summed E-state index contributed by atoms with van der Waals surface area (Å²) in [7, 11) is 0. The summed E-state index contributed by atoms with van der Waals surface area (Å²) >= 11 is 7.75. The van der Waals surface area contributed by atoms with Gasteiger partial charge in [0.15, 0.2) is 0 Å². The lowest BCUT2D eigenvalue weighted by Crippen LogP contribution is -2.17. The molecule has 0 bridgehead atoms. The van der Waals surface area contributed by atoms with E-state index in [0.717, 1.165) is 12.1 Å². The van der Waals surface area contributed by atoms with Gasteiger partial charge in [-0.1, -0.05) is 11.6 Å². The molecule has 1 unspecified atom stereocenters.